The molecule has 0 spiro atoms. The average molecular weight is 431 g/mol. The summed E-state index contributed by atoms with van der Waals surface area (Å²) in [7, 11) is 0. The number of nitrogens with two attached hydrogens (primary N) is 1. The van der Waals surface area contributed by atoms with Crippen LogP contribution in [0.15, 0.2) is 59.5 Å². The second-order valence-electron chi connectivity index (χ2n) is 7.10. The van der Waals surface area contributed by atoms with Gasteiger partial charge in [0.2, 0.25) is 5.95 Å². The van der Waals surface area contributed by atoms with Crippen LogP contribution in [0, 0.1) is 0 Å². The second-order valence-corrected chi connectivity index (χ2v) is 7.10. The SMILES string of the molecule is Nc1nc2[nH]c(CCNC(=O)c3ccc(C(=O)NCc4ccccn4)cc3)cc2c(=O)[nH]1. The molecule has 3 heterocycles. The third kappa shape index (κ3) is 4.81. The quantitative estimate of drug-likeness (QED) is 0.295. The molecular weight excluding hydrogens is 410 g/mol. The van der Waals surface area contributed by atoms with E-state index in [0.717, 1.165) is 11.4 Å². The Morgan fingerprint density at radius 1 is 0.969 bits per heavy atom. The van der Waals surface area contributed by atoms with Crippen LogP contribution in [-0.2, 0) is 13.0 Å². The van der Waals surface area contributed by atoms with Crippen LogP contribution in [0.2, 0.25) is 0 Å². The van der Waals surface area contributed by atoms with Crippen molar-refractivity contribution in [2.75, 3.05) is 12.3 Å². The van der Waals surface area contributed by atoms with Crippen LogP contribution in [0.1, 0.15) is 32.1 Å². The minimum Gasteiger partial charge on any atom is -0.369 e. The number of rotatable bonds is 7. The Bertz CT molecular complexity index is 1310. The number of pyridine rings is 1. The Hall–Kier alpha value is -4.47. The van der Waals surface area contributed by atoms with Gasteiger partial charge in [0.05, 0.1) is 17.6 Å². The molecule has 4 rings (SSSR count). The molecule has 2 amide bonds. The van der Waals surface area contributed by atoms with E-state index in [1.165, 1.54) is 0 Å². The van der Waals surface area contributed by atoms with E-state index in [1.54, 1.807) is 36.5 Å². The summed E-state index contributed by atoms with van der Waals surface area (Å²) < 4.78 is 0. The van der Waals surface area contributed by atoms with Crippen molar-refractivity contribution in [3.05, 3.63) is 87.6 Å². The average Bonchev–Trinajstić information content (AvgIpc) is 3.21. The first-order valence-electron chi connectivity index (χ1n) is 9.93. The molecule has 0 saturated heterocycles. The Kier molecular flexibility index (Phi) is 5.93. The van der Waals surface area contributed by atoms with Gasteiger partial charge in [-0.05, 0) is 42.5 Å². The Balaban J connectivity index is 1.29. The molecule has 0 atom stereocenters. The van der Waals surface area contributed by atoms with Crippen LogP contribution in [0.3, 0.4) is 0 Å². The number of benzene rings is 1. The first-order chi connectivity index (χ1) is 15.5. The van der Waals surface area contributed by atoms with Gasteiger partial charge in [0, 0.05) is 36.0 Å². The minimum atomic E-state index is -0.316. The Morgan fingerprint density at radius 3 is 2.38 bits per heavy atom. The van der Waals surface area contributed by atoms with Gasteiger partial charge >= 0.3 is 0 Å². The summed E-state index contributed by atoms with van der Waals surface area (Å²) in [5.41, 5.74) is 8.03. The zero-order valence-electron chi connectivity index (χ0n) is 17.0. The maximum absolute atomic E-state index is 12.4. The molecule has 32 heavy (non-hydrogen) atoms. The summed E-state index contributed by atoms with van der Waals surface area (Å²) in [6, 6.07) is 13.6. The monoisotopic (exact) mass is 431 g/mol. The summed E-state index contributed by atoms with van der Waals surface area (Å²) in [6.07, 6.45) is 2.15. The van der Waals surface area contributed by atoms with E-state index < -0.39 is 0 Å². The lowest BCUT2D eigenvalue weighted by Crippen LogP contribution is -2.26. The van der Waals surface area contributed by atoms with Crippen LogP contribution >= 0.6 is 0 Å². The lowest BCUT2D eigenvalue weighted by Gasteiger charge is -2.07. The van der Waals surface area contributed by atoms with Gasteiger partial charge in [-0.25, -0.2) is 0 Å². The lowest BCUT2D eigenvalue weighted by atomic mass is 10.1. The smallest absolute Gasteiger partial charge is 0.261 e. The molecule has 0 fully saturated rings. The topological polar surface area (TPSA) is 159 Å². The zero-order valence-corrected chi connectivity index (χ0v) is 17.0. The number of aromatic amines is 2. The molecule has 0 aliphatic heterocycles. The normalized spacial score (nSPS) is 10.8. The van der Waals surface area contributed by atoms with Gasteiger partial charge in [-0.1, -0.05) is 6.07 Å². The van der Waals surface area contributed by atoms with Crippen molar-refractivity contribution in [2.24, 2.45) is 0 Å². The van der Waals surface area contributed by atoms with Gasteiger partial charge in [-0.3, -0.25) is 24.4 Å². The highest BCUT2D eigenvalue weighted by atomic mass is 16.2. The number of nitrogens with one attached hydrogen (secondary N) is 4. The van der Waals surface area contributed by atoms with Crippen molar-refractivity contribution in [3.63, 3.8) is 0 Å². The van der Waals surface area contributed by atoms with Gasteiger partial charge in [0.1, 0.15) is 5.65 Å². The molecule has 3 aromatic heterocycles. The van der Waals surface area contributed by atoms with Crippen LogP contribution in [-0.4, -0.2) is 38.3 Å². The van der Waals surface area contributed by atoms with Gasteiger partial charge in [-0.15, -0.1) is 0 Å². The molecule has 0 aliphatic rings. The van der Waals surface area contributed by atoms with E-state index in [0.29, 0.717) is 41.7 Å². The van der Waals surface area contributed by atoms with Gasteiger partial charge in [0.15, 0.2) is 0 Å². The predicted octanol–water partition coefficient (Wildman–Crippen LogP) is 1.13. The minimum absolute atomic E-state index is 0.0399. The first-order valence-corrected chi connectivity index (χ1v) is 9.93. The maximum atomic E-state index is 12.4. The summed E-state index contributed by atoms with van der Waals surface area (Å²) in [5, 5.41) is 6.02. The van der Waals surface area contributed by atoms with E-state index in [4.69, 9.17) is 5.73 Å². The third-order valence-electron chi connectivity index (χ3n) is 4.82. The lowest BCUT2D eigenvalue weighted by molar-refractivity contribution is 0.0940. The molecule has 10 nitrogen and oxygen atoms in total. The molecule has 10 heteroatoms. The van der Waals surface area contributed by atoms with Crippen molar-refractivity contribution >= 4 is 28.8 Å². The number of carbonyl (C=O) groups excluding carboxylic acids is 2. The standard InChI is InChI=1S/C22H21N7O3/c23-22-28-18-17(21(32)29-22)11-15(27-18)8-10-25-19(30)13-4-6-14(7-5-13)20(31)26-12-16-3-1-2-9-24-16/h1-7,9,11H,8,10,12H2,(H,25,30)(H,26,31)(H4,23,27,28,29,32). The van der Waals surface area contributed by atoms with Crippen LogP contribution < -0.4 is 21.9 Å². The van der Waals surface area contributed by atoms with Gasteiger partial charge in [-0.2, -0.15) is 4.98 Å². The fourth-order valence-corrected chi connectivity index (χ4v) is 3.19. The van der Waals surface area contributed by atoms with Gasteiger partial charge in [0.25, 0.3) is 17.4 Å². The van der Waals surface area contributed by atoms with E-state index in [-0.39, 0.29) is 23.3 Å². The molecule has 0 radical (unpaired) electrons. The fraction of sp³-hybridized carbons (Fsp3) is 0.136. The number of fused-ring (bicyclic) bond motifs is 1. The fourth-order valence-electron chi connectivity index (χ4n) is 3.19. The zero-order chi connectivity index (χ0) is 22.5. The van der Waals surface area contributed by atoms with E-state index in [2.05, 4.69) is 30.6 Å². The highest BCUT2D eigenvalue weighted by Gasteiger charge is 2.10. The van der Waals surface area contributed by atoms with Crippen molar-refractivity contribution in [2.45, 2.75) is 13.0 Å². The Labute approximate surface area is 182 Å². The molecule has 0 saturated carbocycles. The molecule has 0 aliphatic carbocycles. The number of H-pyrrole nitrogens is 2. The van der Waals surface area contributed by atoms with Crippen LogP contribution in [0.25, 0.3) is 11.0 Å². The maximum Gasteiger partial charge on any atom is 0.261 e. The number of carbonyl (C=O) groups is 2. The molecule has 4 aromatic rings. The second kappa shape index (κ2) is 9.13. The van der Waals surface area contributed by atoms with Crippen molar-refractivity contribution < 1.29 is 9.59 Å². The predicted molar refractivity (Wildman–Crippen MR) is 119 cm³/mol. The number of amides is 2. The molecule has 162 valence electrons. The van der Waals surface area contributed by atoms with E-state index in [9.17, 15) is 14.4 Å². The number of anilines is 1. The van der Waals surface area contributed by atoms with Crippen LogP contribution in [0.4, 0.5) is 5.95 Å². The summed E-state index contributed by atoms with van der Waals surface area (Å²) in [5.74, 6) is -0.467. The van der Waals surface area contributed by atoms with Crippen molar-refractivity contribution in [1.29, 1.82) is 0 Å². The Morgan fingerprint density at radius 2 is 1.69 bits per heavy atom. The summed E-state index contributed by atoms with van der Waals surface area (Å²) in [4.78, 5) is 50.2. The summed E-state index contributed by atoms with van der Waals surface area (Å²) >= 11 is 0. The molecule has 1 aromatic carbocycles. The number of nitrogen functional groups attached to an aromatic ring is 1. The number of hydrogen-bond donors (Lipinski definition) is 5. The molecular formula is C22H21N7O3. The van der Waals surface area contributed by atoms with Crippen molar-refractivity contribution in [1.82, 2.24) is 30.6 Å². The molecule has 0 bridgehead atoms. The number of hydrogen-bond acceptors (Lipinski definition) is 6. The molecule has 0 unspecified atom stereocenters. The van der Waals surface area contributed by atoms with Gasteiger partial charge < -0.3 is 21.4 Å². The molecule has 6 N–H and O–H groups in total. The highest BCUT2D eigenvalue weighted by molar-refractivity contribution is 5.97. The number of nitrogens with zero attached hydrogens (tertiary/aromatic N) is 2. The third-order valence-corrected chi connectivity index (χ3v) is 4.82. The number of aromatic nitrogens is 4. The van der Waals surface area contributed by atoms with Crippen LogP contribution in [0.5, 0.6) is 0 Å². The summed E-state index contributed by atoms with van der Waals surface area (Å²) in [6.45, 7) is 0.676. The first kappa shape index (κ1) is 20.8. The van der Waals surface area contributed by atoms with Crippen molar-refractivity contribution in [3.8, 4) is 0 Å². The van der Waals surface area contributed by atoms with E-state index in [1.807, 2.05) is 18.2 Å². The van der Waals surface area contributed by atoms with E-state index >= 15 is 0 Å². The largest absolute Gasteiger partial charge is 0.369 e. The highest BCUT2D eigenvalue weighted by Crippen LogP contribution is 2.10.